The van der Waals surface area contributed by atoms with E-state index in [2.05, 4.69) is 26.1 Å². The van der Waals surface area contributed by atoms with Crippen molar-refractivity contribution in [1.82, 2.24) is 5.32 Å². The van der Waals surface area contributed by atoms with Crippen LogP contribution in [0.4, 0.5) is 0 Å². The Morgan fingerprint density at radius 1 is 1.56 bits per heavy atom. The molecule has 1 heterocycles. The Balaban J connectivity index is 2.27. The molecule has 2 atom stereocenters. The largest absolute Gasteiger partial charge is 0.388 e. The third kappa shape index (κ3) is 4.62. The second kappa shape index (κ2) is 5.71. The van der Waals surface area contributed by atoms with Crippen LogP contribution in [0.15, 0.2) is 0 Å². The summed E-state index contributed by atoms with van der Waals surface area (Å²) in [5.74, 6) is 1.94. The minimum atomic E-state index is -0.490. The summed E-state index contributed by atoms with van der Waals surface area (Å²) < 4.78 is 5.40. The maximum absolute atomic E-state index is 10.2. The van der Waals surface area contributed by atoms with Crippen LogP contribution in [0.3, 0.4) is 0 Å². The molecule has 1 rings (SSSR count). The molecule has 1 fully saturated rings. The predicted molar refractivity (Wildman–Crippen MR) is 70.1 cm³/mol. The molecule has 0 aromatic rings. The molecule has 0 saturated carbocycles. The maximum atomic E-state index is 10.2. The van der Waals surface area contributed by atoms with Crippen LogP contribution in [0.1, 0.15) is 33.6 Å². The van der Waals surface area contributed by atoms with Gasteiger partial charge in [0.05, 0.1) is 11.2 Å². The molecular formula is C12H25NO2S. The van der Waals surface area contributed by atoms with Gasteiger partial charge in [-0.1, -0.05) is 0 Å². The summed E-state index contributed by atoms with van der Waals surface area (Å²) in [7, 11) is 1.74. The molecule has 1 aliphatic rings. The van der Waals surface area contributed by atoms with E-state index in [1.807, 2.05) is 11.8 Å². The van der Waals surface area contributed by atoms with Crippen molar-refractivity contribution in [3.63, 3.8) is 0 Å². The van der Waals surface area contributed by atoms with Gasteiger partial charge in [-0.2, -0.15) is 11.8 Å². The van der Waals surface area contributed by atoms with Crippen molar-refractivity contribution < 1.29 is 9.84 Å². The quantitative estimate of drug-likeness (QED) is 0.749. The lowest BCUT2D eigenvalue weighted by Gasteiger charge is -2.29. The fourth-order valence-electron chi connectivity index (χ4n) is 1.99. The Morgan fingerprint density at radius 2 is 2.25 bits per heavy atom. The summed E-state index contributed by atoms with van der Waals surface area (Å²) in [5.41, 5.74) is -0.588. The highest BCUT2D eigenvalue weighted by molar-refractivity contribution is 7.99. The molecule has 16 heavy (non-hydrogen) atoms. The van der Waals surface area contributed by atoms with Crippen LogP contribution in [0.5, 0.6) is 0 Å². The summed E-state index contributed by atoms with van der Waals surface area (Å²) in [4.78, 5) is 0. The first kappa shape index (κ1) is 14.3. The summed E-state index contributed by atoms with van der Waals surface area (Å²) in [6.45, 7) is 7.02. The molecule has 0 aromatic heterocycles. The van der Waals surface area contributed by atoms with Crippen molar-refractivity contribution >= 4 is 11.8 Å². The van der Waals surface area contributed by atoms with Crippen LogP contribution in [0.25, 0.3) is 0 Å². The van der Waals surface area contributed by atoms with Crippen molar-refractivity contribution in [2.45, 2.75) is 50.9 Å². The summed E-state index contributed by atoms with van der Waals surface area (Å²) >= 11 is 1.84. The van der Waals surface area contributed by atoms with E-state index < -0.39 is 5.60 Å². The molecule has 3 nitrogen and oxygen atoms in total. The monoisotopic (exact) mass is 247 g/mol. The second-order valence-corrected chi connectivity index (χ2v) is 6.58. The van der Waals surface area contributed by atoms with E-state index in [0.717, 1.165) is 24.3 Å². The lowest BCUT2D eigenvalue weighted by molar-refractivity contribution is 0.00471. The van der Waals surface area contributed by atoms with Gasteiger partial charge in [-0.05, 0) is 39.4 Å². The number of thioether (sulfide) groups is 1. The van der Waals surface area contributed by atoms with E-state index in [4.69, 9.17) is 4.74 Å². The molecule has 2 N–H and O–H groups in total. The van der Waals surface area contributed by atoms with Gasteiger partial charge >= 0.3 is 0 Å². The van der Waals surface area contributed by atoms with Crippen molar-refractivity contribution in [3.8, 4) is 0 Å². The van der Waals surface area contributed by atoms with Crippen LogP contribution in [-0.4, -0.2) is 47.5 Å². The van der Waals surface area contributed by atoms with E-state index in [1.165, 1.54) is 0 Å². The highest BCUT2D eigenvalue weighted by atomic mass is 32.2. The molecule has 0 bridgehead atoms. The van der Waals surface area contributed by atoms with Gasteiger partial charge in [-0.25, -0.2) is 0 Å². The zero-order chi connectivity index (χ0) is 12.2. The minimum absolute atomic E-state index is 0.0978. The molecule has 1 aliphatic heterocycles. The molecule has 0 aromatic carbocycles. The molecule has 1 saturated heterocycles. The normalized spacial score (nSPS) is 28.3. The standard InChI is InChI=1S/C12H25NO2S/c1-10(7-11(2,3)15-4)13-8-12(14)5-6-16-9-12/h10,13-14H,5-9H2,1-4H3. The molecule has 4 heteroatoms. The fourth-order valence-corrected chi connectivity index (χ4v) is 3.29. The van der Waals surface area contributed by atoms with Gasteiger partial charge in [-0.3, -0.25) is 0 Å². The Kier molecular flexibility index (Phi) is 5.10. The van der Waals surface area contributed by atoms with Gasteiger partial charge in [0.25, 0.3) is 0 Å². The Hall–Kier alpha value is 0.230. The lowest BCUT2D eigenvalue weighted by atomic mass is 9.98. The molecule has 0 aliphatic carbocycles. The summed E-state index contributed by atoms with van der Waals surface area (Å²) in [6.07, 6.45) is 1.86. The van der Waals surface area contributed by atoms with E-state index in [0.29, 0.717) is 12.6 Å². The minimum Gasteiger partial charge on any atom is -0.388 e. The van der Waals surface area contributed by atoms with Crippen LogP contribution >= 0.6 is 11.8 Å². The van der Waals surface area contributed by atoms with Gasteiger partial charge in [-0.15, -0.1) is 0 Å². The third-order valence-electron chi connectivity index (χ3n) is 3.21. The third-order valence-corrected chi connectivity index (χ3v) is 4.45. The first-order valence-electron chi connectivity index (χ1n) is 5.96. The van der Waals surface area contributed by atoms with Crippen LogP contribution in [0, 0.1) is 0 Å². The topological polar surface area (TPSA) is 41.5 Å². The van der Waals surface area contributed by atoms with Gasteiger partial charge in [0.1, 0.15) is 0 Å². The van der Waals surface area contributed by atoms with Crippen LogP contribution in [-0.2, 0) is 4.74 Å². The van der Waals surface area contributed by atoms with Gasteiger partial charge < -0.3 is 15.2 Å². The van der Waals surface area contributed by atoms with E-state index in [9.17, 15) is 5.11 Å². The molecular weight excluding hydrogens is 222 g/mol. The molecule has 96 valence electrons. The number of nitrogens with one attached hydrogen (secondary N) is 1. The number of hydrogen-bond donors (Lipinski definition) is 2. The zero-order valence-corrected chi connectivity index (χ0v) is 11.7. The van der Waals surface area contributed by atoms with E-state index in [-0.39, 0.29) is 5.60 Å². The zero-order valence-electron chi connectivity index (χ0n) is 10.9. The van der Waals surface area contributed by atoms with Crippen molar-refractivity contribution in [1.29, 1.82) is 0 Å². The first-order valence-corrected chi connectivity index (χ1v) is 7.11. The SMILES string of the molecule is COC(C)(C)CC(C)NCC1(O)CCSC1. The predicted octanol–water partition coefficient (Wildman–Crippen LogP) is 1.65. The Labute approximate surface area is 103 Å². The van der Waals surface area contributed by atoms with Gasteiger partial charge in [0.15, 0.2) is 0 Å². The molecule has 0 spiro atoms. The van der Waals surface area contributed by atoms with E-state index in [1.54, 1.807) is 7.11 Å². The first-order chi connectivity index (χ1) is 7.37. The maximum Gasteiger partial charge on any atom is 0.0869 e. The average molecular weight is 247 g/mol. The van der Waals surface area contributed by atoms with Crippen LogP contribution in [0.2, 0.25) is 0 Å². The van der Waals surface area contributed by atoms with Crippen molar-refractivity contribution in [2.24, 2.45) is 0 Å². The second-order valence-electron chi connectivity index (χ2n) is 5.48. The Morgan fingerprint density at radius 3 is 2.75 bits per heavy atom. The Bertz CT molecular complexity index is 215. The molecule has 0 radical (unpaired) electrons. The van der Waals surface area contributed by atoms with E-state index >= 15 is 0 Å². The highest BCUT2D eigenvalue weighted by Gasteiger charge is 2.32. The average Bonchev–Trinajstić information content (AvgIpc) is 2.63. The number of rotatable bonds is 6. The van der Waals surface area contributed by atoms with Gasteiger partial charge in [0, 0.05) is 25.4 Å². The number of ether oxygens (including phenoxy) is 1. The summed E-state index contributed by atoms with van der Waals surface area (Å²) in [5, 5.41) is 13.6. The number of methoxy groups -OCH3 is 1. The fraction of sp³-hybridized carbons (Fsp3) is 1.00. The molecule has 2 unspecified atom stereocenters. The summed E-state index contributed by atoms with van der Waals surface area (Å²) in [6, 6.07) is 0.365. The number of hydrogen-bond acceptors (Lipinski definition) is 4. The highest BCUT2D eigenvalue weighted by Crippen LogP contribution is 2.27. The van der Waals surface area contributed by atoms with Crippen LogP contribution < -0.4 is 5.32 Å². The lowest BCUT2D eigenvalue weighted by Crippen LogP contribution is -2.45. The smallest absolute Gasteiger partial charge is 0.0869 e. The van der Waals surface area contributed by atoms with Crippen molar-refractivity contribution in [2.75, 3.05) is 25.2 Å². The van der Waals surface area contributed by atoms with Gasteiger partial charge in [0.2, 0.25) is 0 Å². The number of aliphatic hydroxyl groups is 1. The molecule has 0 amide bonds. The van der Waals surface area contributed by atoms with Crippen molar-refractivity contribution in [3.05, 3.63) is 0 Å².